The van der Waals surface area contributed by atoms with Crippen LogP contribution in [0.4, 0.5) is 0 Å². The number of imidazole rings is 1. The van der Waals surface area contributed by atoms with Crippen molar-refractivity contribution in [3.63, 3.8) is 0 Å². The molecule has 1 unspecified atom stereocenters. The SMILES string of the molecule is Cc1ccc(Br)cc1-c1cnc(CC2CCCCN2)[nH]1. The van der Waals surface area contributed by atoms with E-state index < -0.39 is 0 Å². The van der Waals surface area contributed by atoms with Crippen LogP contribution in [0.1, 0.15) is 30.7 Å². The molecule has 0 aliphatic carbocycles. The summed E-state index contributed by atoms with van der Waals surface area (Å²) in [4.78, 5) is 8.02. The van der Waals surface area contributed by atoms with Crippen molar-refractivity contribution in [2.75, 3.05) is 6.54 Å². The van der Waals surface area contributed by atoms with Crippen LogP contribution in [-0.2, 0) is 6.42 Å². The van der Waals surface area contributed by atoms with E-state index in [1.807, 2.05) is 6.20 Å². The van der Waals surface area contributed by atoms with Gasteiger partial charge >= 0.3 is 0 Å². The van der Waals surface area contributed by atoms with E-state index in [1.54, 1.807) is 0 Å². The number of aromatic nitrogens is 2. The topological polar surface area (TPSA) is 40.7 Å². The molecular weight excluding hydrogens is 314 g/mol. The summed E-state index contributed by atoms with van der Waals surface area (Å²) in [5, 5.41) is 3.57. The Labute approximate surface area is 128 Å². The normalized spacial score (nSPS) is 19.2. The lowest BCUT2D eigenvalue weighted by Crippen LogP contribution is -2.35. The van der Waals surface area contributed by atoms with E-state index in [1.165, 1.54) is 30.4 Å². The van der Waals surface area contributed by atoms with Crippen molar-refractivity contribution in [3.8, 4) is 11.3 Å². The first-order chi connectivity index (χ1) is 9.72. The minimum Gasteiger partial charge on any atom is -0.342 e. The van der Waals surface area contributed by atoms with Crippen LogP contribution in [-0.4, -0.2) is 22.6 Å². The van der Waals surface area contributed by atoms with Gasteiger partial charge < -0.3 is 10.3 Å². The van der Waals surface area contributed by atoms with Gasteiger partial charge in [0.05, 0.1) is 11.9 Å². The maximum absolute atomic E-state index is 4.55. The maximum atomic E-state index is 4.55. The molecular formula is C16H20BrN3. The summed E-state index contributed by atoms with van der Waals surface area (Å²) in [5.74, 6) is 1.08. The van der Waals surface area contributed by atoms with Crippen LogP contribution < -0.4 is 5.32 Å². The second-order valence-electron chi connectivity index (χ2n) is 5.55. The Morgan fingerprint density at radius 3 is 3.05 bits per heavy atom. The van der Waals surface area contributed by atoms with Crippen molar-refractivity contribution in [2.24, 2.45) is 0 Å². The van der Waals surface area contributed by atoms with Gasteiger partial charge in [0.1, 0.15) is 5.82 Å². The molecule has 1 saturated heterocycles. The highest BCUT2D eigenvalue weighted by molar-refractivity contribution is 9.10. The predicted molar refractivity (Wildman–Crippen MR) is 85.8 cm³/mol. The highest BCUT2D eigenvalue weighted by Gasteiger charge is 2.15. The molecule has 106 valence electrons. The van der Waals surface area contributed by atoms with Gasteiger partial charge in [0, 0.05) is 22.5 Å². The number of nitrogens with zero attached hydrogens (tertiary/aromatic N) is 1. The summed E-state index contributed by atoms with van der Waals surface area (Å²) < 4.78 is 1.10. The third kappa shape index (κ3) is 3.13. The molecule has 0 spiro atoms. The lowest BCUT2D eigenvalue weighted by molar-refractivity contribution is 0.395. The van der Waals surface area contributed by atoms with Gasteiger partial charge in [0.15, 0.2) is 0 Å². The van der Waals surface area contributed by atoms with Crippen molar-refractivity contribution in [1.82, 2.24) is 15.3 Å². The highest BCUT2D eigenvalue weighted by Crippen LogP contribution is 2.25. The minimum atomic E-state index is 0.575. The van der Waals surface area contributed by atoms with Crippen LogP contribution in [0.25, 0.3) is 11.3 Å². The number of aromatic amines is 1. The van der Waals surface area contributed by atoms with Crippen molar-refractivity contribution in [1.29, 1.82) is 0 Å². The third-order valence-corrected chi connectivity index (χ3v) is 4.46. The molecule has 0 amide bonds. The third-order valence-electron chi connectivity index (χ3n) is 3.97. The monoisotopic (exact) mass is 333 g/mol. The fourth-order valence-corrected chi connectivity index (χ4v) is 3.18. The highest BCUT2D eigenvalue weighted by atomic mass is 79.9. The summed E-state index contributed by atoms with van der Waals surface area (Å²) in [5.41, 5.74) is 3.59. The average Bonchev–Trinajstić information content (AvgIpc) is 2.91. The number of hydrogen-bond donors (Lipinski definition) is 2. The van der Waals surface area contributed by atoms with Gasteiger partial charge in [-0.1, -0.05) is 28.4 Å². The molecule has 1 fully saturated rings. The maximum Gasteiger partial charge on any atom is 0.108 e. The number of rotatable bonds is 3. The molecule has 1 aliphatic heterocycles. The minimum absolute atomic E-state index is 0.575. The van der Waals surface area contributed by atoms with E-state index >= 15 is 0 Å². The Morgan fingerprint density at radius 1 is 1.35 bits per heavy atom. The summed E-state index contributed by atoms with van der Waals surface area (Å²) in [6.45, 7) is 3.27. The molecule has 1 aliphatic rings. The largest absolute Gasteiger partial charge is 0.342 e. The number of benzene rings is 1. The van der Waals surface area contributed by atoms with E-state index in [9.17, 15) is 0 Å². The van der Waals surface area contributed by atoms with Crippen LogP contribution in [0.2, 0.25) is 0 Å². The van der Waals surface area contributed by atoms with Gasteiger partial charge in [-0.2, -0.15) is 0 Å². The fraction of sp³-hybridized carbons (Fsp3) is 0.438. The Morgan fingerprint density at radius 2 is 2.25 bits per heavy atom. The molecule has 1 aromatic carbocycles. The van der Waals surface area contributed by atoms with Crippen LogP contribution in [0.15, 0.2) is 28.9 Å². The molecule has 20 heavy (non-hydrogen) atoms. The molecule has 2 heterocycles. The van der Waals surface area contributed by atoms with Crippen LogP contribution in [0.5, 0.6) is 0 Å². The molecule has 3 nitrogen and oxygen atoms in total. The summed E-state index contributed by atoms with van der Waals surface area (Å²) in [6, 6.07) is 6.92. The van der Waals surface area contributed by atoms with Crippen molar-refractivity contribution >= 4 is 15.9 Å². The van der Waals surface area contributed by atoms with E-state index in [4.69, 9.17) is 0 Å². The Balaban J connectivity index is 1.77. The van der Waals surface area contributed by atoms with Gasteiger partial charge in [-0.05, 0) is 44.0 Å². The first-order valence-electron chi connectivity index (χ1n) is 7.26. The lowest BCUT2D eigenvalue weighted by atomic mass is 10.0. The zero-order valence-corrected chi connectivity index (χ0v) is 13.3. The molecule has 3 rings (SSSR count). The zero-order chi connectivity index (χ0) is 13.9. The molecule has 2 aromatic rings. The molecule has 0 radical (unpaired) electrons. The smallest absolute Gasteiger partial charge is 0.108 e. The van der Waals surface area contributed by atoms with E-state index in [0.717, 1.165) is 29.0 Å². The first kappa shape index (κ1) is 13.8. The Bertz CT molecular complexity index is 585. The van der Waals surface area contributed by atoms with Crippen molar-refractivity contribution in [2.45, 2.75) is 38.6 Å². The molecule has 2 N–H and O–H groups in total. The Kier molecular flexibility index (Phi) is 4.22. The van der Waals surface area contributed by atoms with E-state index in [-0.39, 0.29) is 0 Å². The van der Waals surface area contributed by atoms with Gasteiger partial charge in [-0.15, -0.1) is 0 Å². The summed E-state index contributed by atoms with van der Waals surface area (Å²) in [6.07, 6.45) is 6.83. The van der Waals surface area contributed by atoms with Crippen molar-refractivity contribution in [3.05, 3.63) is 40.3 Å². The Hall–Kier alpha value is -1.13. The van der Waals surface area contributed by atoms with E-state index in [0.29, 0.717) is 6.04 Å². The molecule has 0 bridgehead atoms. The van der Waals surface area contributed by atoms with E-state index in [2.05, 4.69) is 56.3 Å². The quantitative estimate of drug-likeness (QED) is 0.896. The molecule has 1 aromatic heterocycles. The van der Waals surface area contributed by atoms with Crippen molar-refractivity contribution < 1.29 is 0 Å². The van der Waals surface area contributed by atoms with Gasteiger partial charge in [-0.3, -0.25) is 0 Å². The number of nitrogens with one attached hydrogen (secondary N) is 2. The average molecular weight is 334 g/mol. The second-order valence-corrected chi connectivity index (χ2v) is 6.47. The lowest BCUT2D eigenvalue weighted by Gasteiger charge is -2.22. The first-order valence-corrected chi connectivity index (χ1v) is 8.05. The number of aryl methyl sites for hydroxylation is 1. The molecule has 0 saturated carbocycles. The molecule has 4 heteroatoms. The number of hydrogen-bond acceptors (Lipinski definition) is 2. The van der Waals surface area contributed by atoms with Crippen LogP contribution in [0.3, 0.4) is 0 Å². The summed E-state index contributed by atoms with van der Waals surface area (Å²) >= 11 is 3.54. The zero-order valence-electron chi connectivity index (χ0n) is 11.7. The van der Waals surface area contributed by atoms with Gasteiger partial charge in [0.2, 0.25) is 0 Å². The molecule has 1 atom stereocenters. The second kappa shape index (κ2) is 6.10. The number of H-pyrrole nitrogens is 1. The fourth-order valence-electron chi connectivity index (χ4n) is 2.82. The standard InChI is InChI=1S/C16H20BrN3/c1-11-5-6-12(17)8-14(11)15-10-19-16(20-15)9-13-4-2-3-7-18-13/h5-6,8,10,13,18H,2-4,7,9H2,1H3,(H,19,20). The van der Waals surface area contributed by atoms with Crippen LogP contribution in [0, 0.1) is 6.92 Å². The summed E-state index contributed by atoms with van der Waals surface area (Å²) in [7, 11) is 0. The predicted octanol–water partition coefficient (Wildman–Crippen LogP) is 3.83. The van der Waals surface area contributed by atoms with Crippen LogP contribution >= 0.6 is 15.9 Å². The van der Waals surface area contributed by atoms with Gasteiger partial charge in [-0.25, -0.2) is 4.98 Å². The number of piperidine rings is 1. The number of halogens is 1. The van der Waals surface area contributed by atoms with Gasteiger partial charge in [0.25, 0.3) is 0 Å².